The number of nitrogens with zero attached hydrogens (tertiary/aromatic N) is 3. The molecule has 2 fully saturated rings. The van der Waals surface area contributed by atoms with Crippen molar-refractivity contribution >= 4 is 11.5 Å². The highest BCUT2D eigenvalue weighted by atomic mass is 16.5. The first-order valence-corrected chi connectivity index (χ1v) is 7.94. The quantitative estimate of drug-likeness (QED) is 0.898. The van der Waals surface area contributed by atoms with Gasteiger partial charge in [0, 0.05) is 13.1 Å². The van der Waals surface area contributed by atoms with Gasteiger partial charge in [-0.3, -0.25) is 0 Å². The molecule has 0 amide bonds. The van der Waals surface area contributed by atoms with E-state index in [1.165, 1.54) is 25.7 Å². The maximum absolute atomic E-state index is 5.98. The average Bonchev–Trinajstić information content (AvgIpc) is 3.31. The zero-order valence-corrected chi connectivity index (χ0v) is 13.1. The van der Waals surface area contributed by atoms with Gasteiger partial charge < -0.3 is 20.3 Å². The van der Waals surface area contributed by atoms with Crippen LogP contribution in [0, 0.1) is 5.92 Å². The van der Waals surface area contributed by atoms with Crippen molar-refractivity contribution in [3.05, 3.63) is 12.1 Å². The summed E-state index contributed by atoms with van der Waals surface area (Å²) < 4.78 is 5.78. The third kappa shape index (κ3) is 3.59. The Kier molecular flexibility index (Phi) is 4.19. The molecule has 2 heterocycles. The smallest absolute Gasteiger partial charge is 0.239 e. The Morgan fingerprint density at radius 2 is 2.00 bits per heavy atom. The molecule has 1 aliphatic heterocycles. The van der Waals surface area contributed by atoms with Gasteiger partial charge in [-0.1, -0.05) is 0 Å². The molecular formula is C16H26N4O. The van der Waals surface area contributed by atoms with Gasteiger partial charge in [0.15, 0.2) is 0 Å². The fraction of sp³-hybridized carbons (Fsp3) is 0.688. The number of nitrogens with two attached hydrogens (primary N) is 1. The van der Waals surface area contributed by atoms with E-state index in [-0.39, 0.29) is 0 Å². The molecule has 1 saturated carbocycles. The predicted octanol–water partition coefficient (Wildman–Crippen LogP) is 1.98. The van der Waals surface area contributed by atoms with E-state index in [1.807, 2.05) is 12.1 Å². The van der Waals surface area contributed by atoms with Crippen LogP contribution in [-0.4, -0.2) is 49.7 Å². The molecule has 0 radical (unpaired) electrons. The van der Waals surface area contributed by atoms with Crippen LogP contribution in [-0.2, 0) is 0 Å². The van der Waals surface area contributed by atoms with Gasteiger partial charge >= 0.3 is 0 Å². The number of hydrogen-bond acceptors (Lipinski definition) is 5. The number of anilines is 2. The van der Waals surface area contributed by atoms with Crippen LogP contribution in [0.3, 0.4) is 0 Å². The number of piperidine rings is 1. The Hall–Kier alpha value is -1.49. The van der Waals surface area contributed by atoms with Crippen molar-refractivity contribution in [2.75, 3.05) is 44.4 Å². The summed E-state index contributed by atoms with van der Waals surface area (Å²) in [6.07, 6.45) is 4.90. The summed E-state index contributed by atoms with van der Waals surface area (Å²) in [5.74, 6) is 2.27. The van der Waals surface area contributed by atoms with Crippen LogP contribution in [0.25, 0.3) is 0 Å². The number of aromatic nitrogens is 1. The minimum atomic E-state index is 0.550. The molecule has 0 bridgehead atoms. The first kappa shape index (κ1) is 14.4. The maximum atomic E-state index is 5.98. The molecular weight excluding hydrogens is 264 g/mol. The van der Waals surface area contributed by atoms with E-state index in [1.54, 1.807) is 0 Å². The van der Waals surface area contributed by atoms with Gasteiger partial charge in [0.25, 0.3) is 0 Å². The van der Waals surface area contributed by atoms with E-state index in [9.17, 15) is 0 Å². The van der Waals surface area contributed by atoms with Crippen LogP contribution in [0.2, 0.25) is 0 Å². The second-order valence-electron chi connectivity index (χ2n) is 6.46. The van der Waals surface area contributed by atoms with Gasteiger partial charge in [0.2, 0.25) is 5.88 Å². The zero-order chi connectivity index (χ0) is 14.8. The Balaban J connectivity index is 1.67. The number of likely N-dealkylation sites (tertiary alicyclic amines) is 1. The van der Waals surface area contributed by atoms with E-state index in [2.05, 4.69) is 28.9 Å². The van der Waals surface area contributed by atoms with Crippen LogP contribution < -0.4 is 15.4 Å². The summed E-state index contributed by atoms with van der Waals surface area (Å²) >= 11 is 0. The van der Waals surface area contributed by atoms with Crippen molar-refractivity contribution in [3.8, 4) is 5.88 Å². The fourth-order valence-corrected chi connectivity index (χ4v) is 2.80. The van der Waals surface area contributed by atoms with E-state index >= 15 is 0 Å². The van der Waals surface area contributed by atoms with E-state index in [0.717, 1.165) is 25.5 Å². The molecule has 0 aromatic carbocycles. The van der Waals surface area contributed by atoms with Gasteiger partial charge in [-0.2, -0.15) is 4.98 Å². The summed E-state index contributed by atoms with van der Waals surface area (Å²) in [5.41, 5.74) is 6.62. The van der Waals surface area contributed by atoms with Crippen LogP contribution in [0.4, 0.5) is 11.5 Å². The number of ether oxygens (including phenoxy) is 1. The first-order chi connectivity index (χ1) is 10.1. The van der Waals surface area contributed by atoms with Crippen LogP contribution >= 0.6 is 0 Å². The SMILES string of the molecule is CN1CCC(N(C)c2ccc(N)c(OCC3CC3)n2)CC1. The van der Waals surface area contributed by atoms with Crippen molar-refractivity contribution in [2.45, 2.75) is 31.7 Å². The van der Waals surface area contributed by atoms with Crippen molar-refractivity contribution in [2.24, 2.45) is 5.92 Å². The monoisotopic (exact) mass is 290 g/mol. The maximum Gasteiger partial charge on any atom is 0.239 e. The molecule has 21 heavy (non-hydrogen) atoms. The topological polar surface area (TPSA) is 54.6 Å². The second-order valence-corrected chi connectivity index (χ2v) is 6.46. The third-order valence-corrected chi connectivity index (χ3v) is 4.62. The lowest BCUT2D eigenvalue weighted by molar-refractivity contribution is 0.252. The van der Waals surface area contributed by atoms with Crippen molar-refractivity contribution in [1.29, 1.82) is 0 Å². The highest BCUT2D eigenvalue weighted by Crippen LogP contribution is 2.31. The molecule has 0 unspecified atom stereocenters. The number of hydrogen-bond donors (Lipinski definition) is 1. The summed E-state index contributed by atoms with van der Waals surface area (Å²) in [6, 6.07) is 4.46. The molecule has 116 valence electrons. The standard InChI is InChI=1S/C16H26N4O/c1-19-9-7-13(8-10-19)20(2)15-6-5-14(17)16(18-15)21-11-12-3-4-12/h5-6,12-13H,3-4,7-11,17H2,1-2H3. The molecule has 0 spiro atoms. The van der Waals surface area contributed by atoms with Crippen molar-refractivity contribution in [3.63, 3.8) is 0 Å². The summed E-state index contributed by atoms with van der Waals surface area (Å²) in [6.45, 7) is 3.04. The molecule has 1 aliphatic carbocycles. The van der Waals surface area contributed by atoms with E-state index in [4.69, 9.17) is 10.5 Å². The van der Waals surface area contributed by atoms with Crippen molar-refractivity contribution < 1.29 is 4.74 Å². The highest BCUT2D eigenvalue weighted by Gasteiger charge is 2.24. The van der Waals surface area contributed by atoms with Crippen molar-refractivity contribution in [1.82, 2.24) is 9.88 Å². The van der Waals surface area contributed by atoms with Gasteiger partial charge in [-0.15, -0.1) is 0 Å². The normalized spacial score (nSPS) is 20.5. The summed E-state index contributed by atoms with van der Waals surface area (Å²) in [7, 11) is 4.31. The van der Waals surface area contributed by atoms with Gasteiger partial charge in [-0.25, -0.2) is 0 Å². The molecule has 0 atom stereocenters. The summed E-state index contributed by atoms with van der Waals surface area (Å²) in [5, 5.41) is 0. The third-order valence-electron chi connectivity index (χ3n) is 4.62. The Morgan fingerprint density at radius 1 is 1.29 bits per heavy atom. The van der Waals surface area contributed by atoms with Gasteiger partial charge in [0.1, 0.15) is 5.82 Å². The molecule has 1 saturated heterocycles. The minimum Gasteiger partial charge on any atom is -0.476 e. The molecule has 1 aromatic rings. The summed E-state index contributed by atoms with van der Waals surface area (Å²) in [4.78, 5) is 9.29. The Labute approximate surface area is 127 Å². The lowest BCUT2D eigenvalue weighted by atomic mass is 10.0. The van der Waals surface area contributed by atoms with Crippen LogP contribution in [0.1, 0.15) is 25.7 Å². The fourth-order valence-electron chi connectivity index (χ4n) is 2.80. The van der Waals surface area contributed by atoms with Crippen LogP contribution in [0.15, 0.2) is 12.1 Å². The highest BCUT2D eigenvalue weighted by molar-refractivity contribution is 5.54. The molecule has 1 aromatic heterocycles. The predicted molar refractivity (Wildman–Crippen MR) is 85.8 cm³/mol. The Bertz CT molecular complexity index is 481. The molecule has 5 heteroatoms. The molecule has 2 N–H and O–H groups in total. The van der Waals surface area contributed by atoms with Gasteiger partial charge in [0.05, 0.1) is 12.3 Å². The van der Waals surface area contributed by atoms with Gasteiger partial charge in [-0.05, 0) is 63.9 Å². The lowest BCUT2D eigenvalue weighted by Crippen LogP contribution is -2.42. The Morgan fingerprint density at radius 3 is 2.67 bits per heavy atom. The van der Waals surface area contributed by atoms with Crippen LogP contribution in [0.5, 0.6) is 5.88 Å². The van der Waals surface area contributed by atoms with E-state index in [0.29, 0.717) is 23.5 Å². The average molecular weight is 290 g/mol. The zero-order valence-electron chi connectivity index (χ0n) is 13.1. The minimum absolute atomic E-state index is 0.550. The molecule has 2 aliphatic rings. The van der Waals surface area contributed by atoms with E-state index < -0.39 is 0 Å². The second kappa shape index (κ2) is 6.10. The molecule has 3 rings (SSSR count). The first-order valence-electron chi connectivity index (χ1n) is 7.94. The number of rotatable bonds is 5. The number of pyridine rings is 1. The number of nitrogen functional groups attached to an aromatic ring is 1. The lowest BCUT2D eigenvalue weighted by Gasteiger charge is -2.35. The molecule has 5 nitrogen and oxygen atoms in total. The largest absolute Gasteiger partial charge is 0.476 e.